The molecule has 0 unspecified atom stereocenters. The lowest BCUT2D eigenvalue weighted by Crippen LogP contribution is -2.29. The fourth-order valence-corrected chi connectivity index (χ4v) is 2.65. The molecular formula is C19H23N3O2. The van der Waals surface area contributed by atoms with Crippen molar-refractivity contribution in [3.63, 3.8) is 0 Å². The molecule has 1 aliphatic rings. The van der Waals surface area contributed by atoms with Crippen LogP contribution < -0.4 is 10.9 Å². The minimum Gasteiger partial charge on any atom is -0.324 e. The zero-order valence-electron chi connectivity index (χ0n) is 14.0. The van der Waals surface area contributed by atoms with Crippen molar-refractivity contribution in [3.05, 3.63) is 58.0 Å². The summed E-state index contributed by atoms with van der Waals surface area (Å²) in [4.78, 5) is 24.0. The van der Waals surface area contributed by atoms with Gasteiger partial charge in [0, 0.05) is 17.7 Å². The molecule has 126 valence electrons. The fourth-order valence-electron chi connectivity index (χ4n) is 2.65. The molecule has 1 amide bonds. The predicted molar refractivity (Wildman–Crippen MR) is 94.2 cm³/mol. The van der Waals surface area contributed by atoms with Gasteiger partial charge >= 0.3 is 0 Å². The number of carbonyl (C=O) groups excluding carboxylic acids is 1. The number of hydrogen-bond acceptors (Lipinski definition) is 3. The second-order valence-electron chi connectivity index (χ2n) is 6.38. The molecule has 24 heavy (non-hydrogen) atoms. The Morgan fingerprint density at radius 2 is 1.96 bits per heavy atom. The van der Waals surface area contributed by atoms with Crippen molar-refractivity contribution in [2.45, 2.75) is 51.5 Å². The summed E-state index contributed by atoms with van der Waals surface area (Å²) < 4.78 is 1.25. The molecule has 0 spiro atoms. The molecule has 1 heterocycles. The smallest absolute Gasteiger partial charge is 0.267 e. The van der Waals surface area contributed by atoms with Gasteiger partial charge in [0.1, 0.15) is 6.54 Å². The average molecular weight is 325 g/mol. The van der Waals surface area contributed by atoms with Crippen molar-refractivity contribution >= 4 is 11.6 Å². The lowest BCUT2D eigenvalue weighted by atomic mass is 10.1. The Hall–Kier alpha value is -2.43. The van der Waals surface area contributed by atoms with Crippen LogP contribution in [-0.4, -0.2) is 15.7 Å². The van der Waals surface area contributed by atoms with Crippen LogP contribution in [0.2, 0.25) is 0 Å². The van der Waals surface area contributed by atoms with Gasteiger partial charge in [0.2, 0.25) is 5.91 Å². The molecule has 0 aliphatic heterocycles. The number of benzene rings is 1. The minimum absolute atomic E-state index is 0.0586. The number of nitrogens with one attached hydrogen (secondary N) is 1. The molecule has 1 fully saturated rings. The highest BCUT2D eigenvalue weighted by Crippen LogP contribution is 2.38. The van der Waals surface area contributed by atoms with E-state index in [1.54, 1.807) is 6.07 Å². The molecule has 1 aliphatic carbocycles. The standard InChI is InChI=1S/C19H23N3O2/c1-2-3-4-14-5-9-16(10-6-14)20-18(23)13-22-19(24)12-11-17(21-22)15-7-8-15/h5-6,9-12,15H,2-4,7-8,13H2,1H3,(H,20,23). The number of aromatic nitrogens is 2. The normalized spacial score (nSPS) is 13.7. The topological polar surface area (TPSA) is 64.0 Å². The molecule has 2 aromatic rings. The van der Waals surface area contributed by atoms with Crippen molar-refractivity contribution in [1.29, 1.82) is 0 Å². The second-order valence-corrected chi connectivity index (χ2v) is 6.38. The molecule has 1 aromatic carbocycles. The Balaban J connectivity index is 1.61. The predicted octanol–water partition coefficient (Wildman–Crippen LogP) is 3.10. The van der Waals surface area contributed by atoms with Crippen LogP contribution in [0.15, 0.2) is 41.2 Å². The van der Waals surface area contributed by atoms with E-state index in [4.69, 9.17) is 0 Å². The quantitative estimate of drug-likeness (QED) is 0.851. The lowest BCUT2D eigenvalue weighted by Gasteiger charge is -2.08. The third-order valence-corrected chi connectivity index (χ3v) is 4.23. The van der Waals surface area contributed by atoms with Gasteiger partial charge in [0.15, 0.2) is 0 Å². The molecule has 3 rings (SSSR count). The summed E-state index contributed by atoms with van der Waals surface area (Å²) in [6.07, 6.45) is 5.61. The molecule has 0 saturated heterocycles. The van der Waals surface area contributed by atoms with Gasteiger partial charge in [-0.3, -0.25) is 9.59 Å². The van der Waals surface area contributed by atoms with Gasteiger partial charge in [-0.25, -0.2) is 4.68 Å². The average Bonchev–Trinajstić information content (AvgIpc) is 3.41. The highest BCUT2D eigenvalue weighted by atomic mass is 16.2. The summed E-state index contributed by atoms with van der Waals surface area (Å²) >= 11 is 0. The zero-order chi connectivity index (χ0) is 16.9. The number of amides is 1. The van der Waals surface area contributed by atoms with Crippen LogP contribution in [0.5, 0.6) is 0 Å². The maximum absolute atomic E-state index is 12.2. The first-order valence-corrected chi connectivity index (χ1v) is 8.62. The number of nitrogens with zero attached hydrogens (tertiary/aromatic N) is 2. The van der Waals surface area contributed by atoms with Crippen molar-refractivity contribution in [3.8, 4) is 0 Å². The number of anilines is 1. The van der Waals surface area contributed by atoms with Gasteiger partial charge in [-0.05, 0) is 49.4 Å². The van der Waals surface area contributed by atoms with Crippen molar-refractivity contribution < 1.29 is 4.79 Å². The van der Waals surface area contributed by atoms with Crippen LogP contribution in [0.3, 0.4) is 0 Å². The van der Waals surface area contributed by atoms with E-state index in [1.807, 2.05) is 24.3 Å². The van der Waals surface area contributed by atoms with Crippen LogP contribution in [-0.2, 0) is 17.8 Å². The Bertz CT molecular complexity index is 761. The summed E-state index contributed by atoms with van der Waals surface area (Å²) in [5.74, 6) is 0.217. The highest BCUT2D eigenvalue weighted by molar-refractivity contribution is 5.90. The zero-order valence-corrected chi connectivity index (χ0v) is 14.0. The van der Waals surface area contributed by atoms with Gasteiger partial charge in [0.25, 0.3) is 5.56 Å². The summed E-state index contributed by atoms with van der Waals surface area (Å²) in [6, 6.07) is 11.1. The van der Waals surface area contributed by atoms with E-state index in [0.29, 0.717) is 5.92 Å². The van der Waals surface area contributed by atoms with E-state index >= 15 is 0 Å². The number of hydrogen-bond donors (Lipinski definition) is 1. The van der Waals surface area contributed by atoms with E-state index in [9.17, 15) is 9.59 Å². The van der Waals surface area contributed by atoms with Gasteiger partial charge in [0.05, 0.1) is 5.69 Å². The maximum atomic E-state index is 12.2. The van der Waals surface area contributed by atoms with Crippen LogP contribution in [0.25, 0.3) is 0 Å². The maximum Gasteiger partial charge on any atom is 0.267 e. The molecule has 0 radical (unpaired) electrons. The molecular weight excluding hydrogens is 302 g/mol. The Morgan fingerprint density at radius 1 is 1.21 bits per heavy atom. The van der Waals surface area contributed by atoms with Crippen molar-refractivity contribution in [2.75, 3.05) is 5.32 Å². The Labute approximate surface area is 141 Å². The Morgan fingerprint density at radius 3 is 2.62 bits per heavy atom. The summed E-state index contributed by atoms with van der Waals surface area (Å²) in [7, 11) is 0. The molecule has 0 atom stereocenters. The van der Waals surface area contributed by atoms with E-state index in [1.165, 1.54) is 22.7 Å². The monoisotopic (exact) mass is 325 g/mol. The SMILES string of the molecule is CCCCc1ccc(NC(=O)Cn2nc(C3CC3)ccc2=O)cc1. The third kappa shape index (κ3) is 4.31. The van der Waals surface area contributed by atoms with Crippen LogP contribution in [0, 0.1) is 0 Å². The van der Waals surface area contributed by atoms with E-state index in [2.05, 4.69) is 17.3 Å². The number of unbranched alkanes of at least 4 members (excludes halogenated alkanes) is 1. The highest BCUT2D eigenvalue weighted by Gasteiger charge is 2.25. The second kappa shape index (κ2) is 7.43. The number of aryl methyl sites for hydroxylation is 1. The van der Waals surface area contributed by atoms with E-state index in [-0.39, 0.29) is 18.0 Å². The first-order chi connectivity index (χ1) is 11.7. The van der Waals surface area contributed by atoms with Crippen molar-refractivity contribution in [1.82, 2.24) is 9.78 Å². The van der Waals surface area contributed by atoms with Crippen LogP contribution in [0.1, 0.15) is 49.8 Å². The van der Waals surface area contributed by atoms with Gasteiger partial charge in [-0.2, -0.15) is 5.10 Å². The van der Waals surface area contributed by atoms with E-state index < -0.39 is 0 Å². The first-order valence-electron chi connectivity index (χ1n) is 8.62. The Kier molecular flexibility index (Phi) is 5.08. The molecule has 1 aromatic heterocycles. The molecule has 5 heteroatoms. The molecule has 0 bridgehead atoms. The summed E-state index contributed by atoms with van der Waals surface area (Å²) in [6.45, 7) is 2.11. The third-order valence-electron chi connectivity index (χ3n) is 4.23. The van der Waals surface area contributed by atoms with Gasteiger partial charge in [-0.15, -0.1) is 0 Å². The lowest BCUT2D eigenvalue weighted by molar-refractivity contribution is -0.117. The van der Waals surface area contributed by atoms with Crippen LogP contribution >= 0.6 is 0 Å². The van der Waals surface area contributed by atoms with Gasteiger partial charge in [-0.1, -0.05) is 25.5 Å². The summed E-state index contributed by atoms with van der Waals surface area (Å²) in [5, 5.41) is 7.13. The largest absolute Gasteiger partial charge is 0.324 e. The summed E-state index contributed by atoms with van der Waals surface area (Å²) in [5.41, 5.74) is 2.67. The van der Waals surface area contributed by atoms with Gasteiger partial charge < -0.3 is 5.32 Å². The first kappa shape index (κ1) is 16.4. The molecule has 5 nitrogen and oxygen atoms in total. The van der Waals surface area contributed by atoms with Crippen LogP contribution in [0.4, 0.5) is 5.69 Å². The minimum atomic E-state index is -0.246. The van der Waals surface area contributed by atoms with E-state index in [0.717, 1.165) is 37.1 Å². The molecule has 1 saturated carbocycles. The number of carbonyl (C=O) groups is 1. The van der Waals surface area contributed by atoms with Crippen molar-refractivity contribution in [2.24, 2.45) is 0 Å². The number of rotatable bonds is 7. The molecule has 1 N–H and O–H groups in total. The fraction of sp³-hybridized carbons (Fsp3) is 0.421.